The summed E-state index contributed by atoms with van der Waals surface area (Å²) in [6.07, 6.45) is 3.15. The lowest BCUT2D eigenvalue weighted by atomic mass is 9.93. The number of benzene rings is 1. The van der Waals surface area contributed by atoms with Crippen molar-refractivity contribution in [1.82, 2.24) is 15.0 Å². The van der Waals surface area contributed by atoms with Gasteiger partial charge in [-0.15, -0.1) is 0 Å². The van der Waals surface area contributed by atoms with Crippen LogP contribution in [0.3, 0.4) is 0 Å². The fourth-order valence-corrected chi connectivity index (χ4v) is 4.22. The number of hydrogen-bond acceptors (Lipinski definition) is 4. The number of rotatable bonds is 5. The van der Waals surface area contributed by atoms with E-state index in [1.54, 1.807) is 0 Å². The topological polar surface area (TPSA) is 59.2 Å². The van der Waals surface area contributed by atoms with Crippen molar-refractivity contribution in [3.05, 3.63) is 81.5 Å². The van der Waals surface area contributed by atoms with E-state index in [2.05, 4.69) is 23.4 Å². The van der Waals surface area contributed by atoms with Gasteiger partial charge in [0.25, 0.3) is 0 Å². The average Bonchev–Trinajstić information content (AvgIpc) is 3.08. The van der Waals surface area contributed by atoms with E-state index in [0.717, 1.165) is 59.2 Å². The molecule has 1 amide bonds. The quantitative estimate of drug-likeness (QED) is 0.586. The first-order valence-corrected chi connectivity index (χ1v) is 10.8. The molecule has 3 aromatic rings. The number of amides is 1. The molecule has 0 N–H and O–H groups in total. The lowest BCUT2D eigenvalue weighted by Gasteiger charge is -2.32. The molecule has 5 nitrogen and oxygen atoms in total. The van der Waals surface area contributed by atoms with Gasteiger partial charge in [-0.05, 0) is 56.5 Å². The Morgan fingerprint density at radius 1 is 1.20 bits per heavy atom. The molecular formula is C24H26ClN3O2. The minimum absolute atomic E-state index is 0.131. The van der Waals surface area contributed by atoms with E-state index >= 15 is 0 Å². The number of aryl methyl sites for hydroxylation is 2. The van der Waals surface area contributed by atoms with Gasteiger partial charge >= 0.3 is 0 Å². The van der Waals surface area contributed by atoms with Crippen LogP contribution in [0.1, 0.15) is 52.7 Å². The summed E-state index contributed by atoms with van der Waals surface area (Å²) >= 11 is 5.99. The second kappa shape index (κ2) is 9.00. The zero-order valence-corrected chi connectivity index (χ0v) is 18.2. The van der Waals surface area contributed by atoms with Gasteiger partial charge in [0.2, 0.25) is 5.91 Å². The molecule has 6 heteroatoms. The summed E-state index contributed by atoms with van der Waals surface area (Å²) in [7, 11) is 0. The first-order valence-electron chi connectivity index (χ1n) is 10.4. The van der Waals surface area contributed by atoms with Gasteiger partial charge in [-0.25, -0.2) is 0 Å². The van der Waals surface area contributed by atoms with Crippen LogP contribution in [0.4, 0.5) is 0 Å². The van der Waals surface area contributed by atoms with Gasteiger partial charge in [-0.2, -0.15) is 0 Å². The molecule has 156 valence electrons. The molecule has 0 radical (unpaired) electrons. The number of aromatic nitrogens is 2. The summed E-state index contributed by atoms with van der Waals surface area (Å²) < 4.78 is 5.20. The number of carbonyl (C=O) groups is 1. The molecule has 0 spiro atoms. The molecule has 1 aromatic carbocycles. The molecule has 1 aliphatic rings. The minimum atomic E-state index is 0.131. The van der Waals surface area contributed by atoms with Crippen LogP contribution < -0.4 is 0 Å². The number of hydrogen-bond donors (Lipinski definition) is 0. The normalized spacial score (nSPS) is 16.6. The van der Waals surface area contributed by atoms with E-state index in [-0.39, 0.29) is 11.8 Å². The van der Waals surface area contributed by atoms with Crippen molar-refractivity contribution in [1.29, 1.82) is 0 Å². The van der Waals surface area contributed by atoms with Crippen molar-refractivity contribution in [2.45, 2.75) is 45.4 Å². The van der Waals surface area contributed by atoms with Gasteiger partial charge in [0.1, 0.15) is 5.76 Å². The Kier molecular flexibility index (Phi) is 6.18. The van der Waals surface area contributed by atoms with Crippen molar-refractivity contribution in [3.8, 4) is 0 Å². The van der Waals surface area contributed by atoms with E-state index in [9.17, 15) is 4.79 Å². The number of pyridine rings is 1. The molecular weight excluding hydrogens is 398 g/mol. The summed E-state index contributed by atoms with van der Waals surface area (Å²) in [5, 5.41) is 4.70. The summed E-state index contributed by atoms with van der Waals surface area (Å²) in [5.41, 5.74) is 4.99. The second-order valence-corrected chi connectivity index (χ2v) is 8.45. The van der Waals surface area contributed by atoms with Crippen LogP contribution in [-0.2, 0) is 17.6 Å². The number of halogens is 1. The Morgan fingerprint density at radius 3 is 2.73 bits per heavy atom. The Morgan fingerprint density at radius 2 is 2.00 bits per heavy atom. The van der Waals surface area contributed by atoms with Crippen LogP contribution in [0.2, 0.25) is 5.02 Å². The number of carbonyl (C=O) groups excluding carboxylic acids is 1. The summed E-state index contributed by atoms with van der Waals surface area (Å²) in [6.45, 7) is 5.24. The van der Waals surface area contributed by atoms with Gasteiger partial charge in [0, 0.05) is 47.4 Å². The summed E-state index contributed by atoms with van der Waals surface area (Å²) in [4.78, 5) is 19.8. The summed E-state index contributed by atoms with van der Waals surface area (Å²) in [6, 6.07) is 14.1. The third-order valence-electron chi connectivity index (χ3n) is 5.83. The lowest BCUT2D eigenvalue weighted by molar-refractivity contribution is -0.131. The number of piperidine rings is 1. The fourth-order valence-electron chi connectivity index (χ4n) is 4.10. The molecule has 1 saturated heterocycles. The third-order valence-corrected chi connectivity index (χ3v) is 6.08. The minimum Gasteiger partial charge on any atom is -0.361 e. The molecule has 30 heavy (non-hydrogen) atoms. The van der Waals surface area contributed by atoms with Crippen molar-refractivity contribution < 1.29 is 9.32 Å². The Labute approximate surface area is 182 Å². The highest BCUT2D eigenvalue weighted by Crippen LogP contribution is 2.27. The molecule has 1 aliphatic heterocycles. The molecule has 4 rings (SSSR count). The SMILES string of the molecule is Cc1noc(C)c1CC(=O)N1CCC[C@H](c2cccc(Cc3ccc(Cl)cc3)n2)C1. The number of nitrogens with zero attached hydrogens (tertiary/aromatic N) is 3. The molecule has 1 fully saturated rings. The van der Waals surface area contributed by atoms with Gasteiger partial charge in [0.15, 0.2) is 0 Å². The van der Waals surface area contributed by atoms with Crippen molar-refractivity contribution in [2.75, 3.05) is 13.1 Å². The van der Waals surface area contributed by atoms with E-state index in [0.29, 0.717) is 13.0 Å². The Balaban J connectivity index is 1.44. The smallest absolute Gasteiger partial charge is 0.227 e. The monoisotopic (exact) mass is 423 g/mol. The van der Waals surface area contributed by atoms with E-state index in [4.69, 9.17) is 21.1 Å². The third kappa shape index (κ3) is 4.73. The molecule has 0 aliphatic carbocycles. The molecule has 1 atom stereocenters. The van der Waals surface area contributed by atoms with Crippen LogP contribution >= 0.6 is 11.6 Å². The van der Waals surface area contributed by atoms with E-state index in [1.807, 2.05) is 43.0 Å². The van der Waals surface area contributed by atoms with E-state index < -0.39 is 0 Å². The van der Waals surface area contributed by atoms with Gasteiger partial charge in [-0.3, -0.25) is 9.78 Å². The van der Waals surface area contributed by atoms with Gasteiger partial charge < -0.3 is 9.42 Å². The first-order chi connectivity index (χ1) is 14.5. The maximum atomic E-state index is 12.9. The van der Waals surface area contributed by atoms with Crippen LogP contribution in [-0.4, -0.2) is 34.0 Å². The Hall–Kier alpha value is -2.66. The van der Waals surface area contributed by atoms with Crippen molar-refractivity contribution in [2.24, 2.45) is 0 Å². The average molecular weight is 424 g/mol. The first kappa shape index (κ1) is 20.6. The molecule has 0 saturated carbocycles. The highest BCUT2D eigenvalue weighted by Gasteiger charge is 2.27. The second-order valence-electron chi connectivity index (χ2n) is 8.02. The summed E-state index contributed by atoms with van der Waals surface area (Å²) in [5.74, 6) is 1.12. The maximum absolute atomic E-state index is 12.9. The molecule has 2 aromatic heterocycles. The van der Waals surface area contributed by atoms with E-state index in [1.165, 1.54) is 5.56 Å². The predicted molar refractivity (Wildman–Crippen MR) is 117 cm³/mol. The zero-order chi connectivity index (χ0) is 21.1. The lowest BCUT2D eigenvalue weighted by Crippen LogP contribution is -2.40. The van der Waals surface area contributed by atoms with Crippen molar-refractivity contribution >= 4 is 17.5 Å². The standard InChI is InChI=1S/C24H26ClN3O2/c1-16-22(17(2)30-27-16)14-24(29)28-12-4-5-19(15-28)23-7-3-6-21(26-23)13-18-8-10-20(25)11-9-18/h3,6-11,19H,4-5,12-15H2,1-2H3/t19-/m0/s1. The van der Waals surface area contributed by atoms with Gasteiger partial charge in [-0.1, -0.05) is 35.0 Å². The molecule has 0 unspecified atom stereocenters. The Bertz CT molecular complexity index is 1010. The molecule has 3 heterocycles. The largest absolute Gasteiger partial charge is 0.361 e. The van der Waals surface area contributed by atoms with Crippen LogP contribution in [0.15, 0.2) is 47.0 Å². The fraction of sp³-hybridized carbons (Fsp3) is 0.375. The maximum Gasteiger partial charge on any atom is 0.227 e. The molecule has 0 bridgehead atoms. The zero-order valence-electron chi connectivity index (χ0n) is 17.4. The van der Waals surface area contributed by atoms with Crippen LogP contribution in [0.5, 0.6) is 0 Å². The van der Waals surface area contributed by atoms with Crippen LogP contribution in [0, 0.1) is 13.8 Å². The highest BCUT2D eigenvalue weighted by atomic mass is 35.5. The number of likely N-dealkylation sites (tertiary alicyclic amines) is 1. The predicted octanol–water partition coefficient (Wildman–Crippen LogP) is 4.88. The van der Waals surface area contributed by atoms with Crippen molar-refractivity contribution in [3.63, 3.8) is 0 Å². The van der Waals surface area contributed by atoms with Gasteiger partial charge in [0.05, 0.1) is 12.1 Å². The van der Waals surface area contributed by atoms with Crippen LogP contribution in [0.25, 0.3) is 0 Å². The highest BCUT2D eigenvalue weighted by molar-refractivity contribution is 6.30.